The van der Waals surface area contributed by atoms with E-state index < -0.39 is 31.2 Å². The van der Waals surface area contributed by atoms with E-state index in [4.69, 9.17) is 10.5 Å². The van der Waals surface area contributed by atoms with Crippen LogP contribution in [0.15, 0.2) is 0 Å². The Hall–Kier alpha value is -0.540. The highest BCUT2D eigenvalue weighted by Crippen LogP contribution is 2.35. The Balaban J connectivity index is 4.46. The van der Waals surface area contributed by atoms with Crippen LogP contribution in [0, 0.1) is 0 Å². The molecule has 0 bridgehead atoms. The van der Waals surface area contributed by atoms with Crippen LogP contribution >= 0.6 is 0 Å². The van der Waals surface area contributed by atoms with Crippen molar-refractivity contribution in [2.75, 3.05) is 19.8 Å². The van der Waals surface area contributed by atoms with Crippen LogP contribution in [0.25, 0.3) is 0 Å². The fourth-order valence-electron chi connectivity index (χ4n) is 0.998. The molecule has 9 heteroatoms. The Morgan fingerprint density at radius 1 is 1.00 bits per heavy atom. The molecule has 0 spiro atoms. The van der Waals surface area contributed by atoms with Crippen LogP contribution in [-0.2, 0) is 9.47 Å². The summed E-state index contributed by atoms with van der Waals surface area (Å²) in [5.41, 5.74) is 5.10. The molecule has 0 aromatic heterocycles. The topological polar surface area (TPSA) is 44.5 Å². The Kier molecular flexibility index (Phi) is 6.20. The van der Waals surface area contributed by atoms with Gasteiger partial charge in [-0.25, -0.2) is 0 Å². The molecule has 3 nitrogen and oxygen atoms in total. The van der Waals surface area contributed by atoms with Crippen LogP contribution in [0.2, 0.25) is 0 Å². The summed E-state index contributed by atoms with van der Waals surface area (Å²) in [6.45, 7) is 0.561. The fourth-order valence-corrected chi connectivity index (χ4v) is 0.998. The van der Waals surface area contributed by atoms with Crippen molar-refractivity contribution in [1.29, 1.82) is 0 Å². The first kappa shape index (κ1) is 16.5. The first-order valence-corrected chi connectivity index (χ1v) is 4.69. The molecule has 1 atom stereocenters. The second-order valence-electron chi connectivity index (χ2n) is 3.11. The third-order valence-electron chi connectivity index (χ3n) is 1.71. The maximum Gasteiger partial charge on any atom is 0.423 e. The predicted molar refractivity (Wildman–Crippen MR) is 46.3 cm³/mol. The molecule has 17 heavy (non-hydrogen) atoms. The summed E-state index contributed by atoms with van der Waals surface area (Å²) in [6.07, 6.45) is -15.8. The summed E-state index contributed by atoms with van der Waals surface area (Å²) >= 11 is 0. The lowest BCUT2D eigenvalue weighted by Gasteiger charge is -2.25. The van der Waals surface area contributed by atoms with E-state index in [0.717, 1.165) is 0 Å². The lowest BCUT2D eigenvalue weighted by atomic mass is 10.3. The van der Waals surface area contributed by atoms with E-state index in [1.54, 1.807) is 0 Å². The number of hydrogen-bond acceptors (Lipinski definition) is 3. The molecule has 0 radical (unpaired) electrons. The first-order chi connectivity index (χ1) is 7.62. The van der Waals surface area contributed by atoms with Crippen molar-refractivity contribution in [3.05, 3.63) is 0 Å². The lowest BCUT2D eigenvalue weighted by Crippen LogP contribution is -2.46. The molecule has 0 aliphatic heterocycles. The van der Waals surface area contributed by atoms with E-state index in [1.165, 1.54) is 6.92 Å². The van der Waals surface area contributed by atoms with E-state index in [0.29, 0.717) is 0 Å². The lowest BCUT2D eigenvalue weighted by molar-refractivity contribution is -0.325. The molecule has 0 aliphatic rings. The average Bonchev–Trinajstić information content (AvgIpc) is 2.12. The highest BCUT2D eigenvalue weighted by atomic mass is 19.4. The maximum atomic E-state index is 12.0. The second-order valence-corrected chi connectivity index (χ2v) is 3.11. The average molecular weight is 269 g/mol. The van der Waals surface area contributed by atoms with Gasteiger partial charge in [-0.15, -0.1) is 0 Å². The van der Waals surface area contributed by atoms with Crippen LogP contribution in [0.1, 0.15) is 6.92 Å². The second kappa shape index (κ2) is 6.41. The SMILES string of the molecule is CCOC(CN)COC(C(F)(F)F)C(F)(F)F. The molecule has 0 rings (SSSR count). The van der Waals surface area contributed by atoms with Gasteiger partial charge in [-0.2, -0.15) is 26.3 Å². The number of alkyl halides is 6. The smallest absolute Gasteiger partial charge is 0.375 e. The van der Waals surface area contributed by atoms with Crippen LogP contribution in [-0.4, -0.2) is 44.3 Å². The van der Waals surface area contributed by atoms with E-state index in [2.05, 4.69) is 4.74 Å². The minimum absolute atomic E-state index is 0.119. The first-order valence-electron chi connectivity index (χ1n) is 4.69. The molecular weight excluding hydrogens is 256 g/mol. The van der Waals surface area contributed by atoms with Crippen molar-refractivity contribution in [3.8, 4) is 0 Å². The third kappa shape index (κ3) is 6.08. The minimum Gasteiger partial charge on any atom is -0.375 e. The molecule has 1 unspecified atom stereocenters. The van der Waals surface area contributed by atoms with Gasteiger partial charge in [0.15, 0.2) is 0 Å². The van der Waals surface area contributed by atoms with E-state index in [9.17, 15) is 26.3 Å². The summed E-state index contributed by atoms with van der Waals surface area (Å²) in [6, 6.07) is 0. The number of halogens is 6. The van der Waals surface area contributed by atoms with Crippen molar-refractivity contribution in [3.63, 3.8) is 0 Å². The molecular formula is C8H13F6NO2. The van der Waals surface area contributed by atoms with Gasteiger partial charge in [0.05, 0.1) is 12.7 Å². The van der Waals surface area contributed by atoms with Gasteiger partial charge >= 0.3 is 12.4 Å². The van der Waals surface area contributed by atoms with Gasteiger partial charge in [0.2, 0.25) is 6.10 Å². The van der Waals surface area contributed by atoms with Crippen molar-refractivity contribution < 1.29 is 35.8 Å². The predicted octanol–water partition coefficient (Wildman–Crippen LogP) is 1.86. The van der Waals surface area contributed by atoms with Crippen LogP contribution in [0.3, 0.4) is 0 Å². The van der Waals surface area contributed by atoms with Crippen LogP contribution in [0.5, 0.6) is 0 Å². The number of nitrogens with two attached hydrogens (primary N) is 1. The molecule has 2 N–H and O–H groups in total. The van der Waals surface area contributed by atoms with Crippen molar-refractivity contribution in [2.24, 2.45) is 5.73 Å². The van der Waals surface area contributed by atoms with E-state index in [-0.39, 0.29) is 13.2 Å². The normalized spacial score (nSPS) is 15.4. The summed E-state index contributed by atoms with van der Waals surface area (Å²) in [5.74, 6) is 0. The van der Waals surface area contributed by atoms with Gasteiger partial charge in [-0.1, -0.05) is 0 Å². The van der Waals surface area contributed by atoms with Gasteiger partial charge in [-0.05, 0) is 6.92 Å². The highest BCUT2D eigenvalue weighted by Gasteiger charge is 2.58. The van der Waals surface area contributed by atoms with Crippen molar-refractivity contribution in [2.45, 2.75) is 31.5 Å². The maximum absolute atomic E-state index is 12.0. The number of hydrogen-bond donors (Lipinski definition) is 1. The Labute approximate surface area is 93.9 Å². The van der Waals surface area contributed by atoms with Gasteiger partial charge in [0, 0.05) is 13.2 Å². The zero-order valence-electron chi connectivity index (χ0n) is 8.94. The largest absolute Gasteiger partial charge is 0.423 e. The molecule has 0 heterocycles. The van der Waals surface area contributed by atoms with Crippen molar-refractivity contribution >= 4 is 0 Å². The highest BCUT2D eigenvalue weighted by molar-refractivity contribution is 4.76. The zero-order chi connectivity index (χ0) is 13.7. The van der Waals surface area contributed by atoms with E-state index >= 15 is 0 Å². The molecule has 0 saturated heterocycles. The molecule has 104 valence electrons. The monoisotopic (exact) mass is 269 g/mol. The van der Waals surface area contributed by atoms with Gasteiger partial charge in [0.1, 0.15) is 0 Å². The molecule has 0 amide bonds. The van der Waals surface area contributed by atoms with Crippen molar-refractivity contribution in [1.82, 2.24) is 0 Å². The zero-order valence-corrected chi connectivity index (χ0v) is 8.94. The van der Waals surface area contributed by atoms with Gasteiger partial charge < -0.3 is 15.2 Å². The molecule has 0 saturated carbocycles. The Morgan fingerprint density at radius 3 is 1.76 bits per heavy atom. The molecule has 0 fully saturated rings. The summed E-state index contributed by atoms with van der Waals surface area (Å²) < 4.78 is 80.8. The third-order valence-corrected chi connectivity index (χ3v) is 1.71. The van der Waals surface area contributed by atoms with Crippen LogP contribution < -0.4 is 5.73 Å². The Morgan fingerprint density at radius 2 is 1.47 bits per heavy atom. The number of ether oxygens (including phenoxy) is 2. The summed E-state index contributed by atoms with van der Waals surface area (Å²) in [5, 5.41) is 0. The van der Waals surface area contributed by atoms with Gasteiger partial charge in [0.25, 0.3) is 0 Å². The molecule has 0 aliphatic carbocycles. The quantitative estimate of drug-likeness (QED) is 0.748. The standard InChI is InChI=1S/C8H13F6NO2/c1-2-16-5(3-15)4-17-6(7(9,10)11)8(12,13)14/h5-6H,2-4,15H2,1H3. The van der Waals surface area contributed by atoms with Gasteiger partial charge in [-0.3, -0.25) is 0 Å². The molecule has 0 aromatic rings. The summed E-state index contributed by atoms with van der Waals surface area (Å²) in [4.78, 5) is 0. The number of rotatable bonds is 6. The summed E-state index contributed by atoms with van der Waals surface area (Å²) in [7, 11) is 0. The minimum atomic E-state index is -5.51. The van der Waals surface area contributed by atoms with E-state index in [1.807, 2.05) is 0 Å². The van der Waals surface area contributed by atoms with Crippen LogP contribution in [0.4, 0.5) is 26.3 Å². The molecule has 0 aromatic carbocycles. The fraction of sp³-hybridized carbons (Fsp3) is 1.00. The Bertz CT molecular complexity index is 203.